The molecule has 1 aliphatic carbocycles. The Morgan fingerprint density at radius 1 is 1.29 bits per heavy atom. The van der Waals surface area contributed by atoms with E-state index >= 15 is 0 Å². The Morgan fingerprint density at radius 3 is 2.52 bits per heavy atom. The van der Waals surface area contributed by atoms with Gasteiger partial charge in [-0.1, -0.05) is 18.8 Å². The summed E-state index contributed by atoms with van der Waals surface area (Å²) < 4.78 is 1.69. The molecule has 1 amide bonds. The van der Waals surface area contributed by atoms with Crippen LogP contribution in [0.3, 0.4) is 0 Å². The van der Waals surface area contributed by atoms with Gasteiger partial charge in [0, 0.05) is 30.1 Å². The number of hydrogen-bond acceptors (Lipinski definition) is 4. The van der Waals surface area contributed by atoms with E-state index in [2.05, 4.69) is 23.9 Å². The number of carbonyl (C=O) groups excluding carboxylic acids is 1. The molecule has 0 atom stereocenters. The normalized spacial score (nSPS) is 18.9. The SMILES string of the molecule is Cn1cc(CN(c2cc(C#CC(C)(C)C)sc2C(=O)O)C(=O)[C@H]2CC[C@H](C)CC2)cn1. The summed E-state index contributed by atoms with van der Waals surface area (Å²) >= 11 is 1.13. The van der Waals surface area contributed by atoms with Crippen molar-refractivity contribution in [3.8, 4) is 11.8 Å². The van der Waals surface area contributed by atoms with Crippen molar-refractivity contribution < 1.29 is 14.7 Å². The van der Waals surface area contributed by atoms with Crippen LogP contribution in [0.5, 0.6) is 0 Å². The lowest BCUT2D eigenvalue weighted by Crippen LogP contribution is -2.37. The van der Waals surface area contributed by atoms with Crippen molar-refractivity contribution in [2.24, 2.45) is 24.3 Å². The molecular formula is C24H31N3O3S. The minimum absolute atomic E-state index is 0.00798. The first kappa shape index (κ1) is 23.1. The number of carboxylic acid groups (broad SMARTS) is 1. The summed E-state index contributed by atoms with van der Waals surface area (Å²) in [6.45, 7) is 8.54. The number of aryl methyl sites for hydroxylation is 1. The molecule has 0 unspecified atom stereocenters. The third-order valence-electron chi connectivity index (χ3n) is 5.49. The molecule has 2 aromatic rings. The molecule has 1 aliphatic rings. The Balaban J connectivity index is 2.01. The van der Waals surface area contributed by atoms with Gasteiger partial charge in [0.2, 0.25) is 5.91 Å². The molecule has 2 heterocycles. The fourth-order valence-electron chi connectivity index (χ4n) is 3.79. The molecule has 0 radical (unpaired) electrons. The van der Waals surface area contributed by atoms with Crippen LogP contribution in [0.4, 0.5) is 5.69 Å². The van der Waals surface area contributed by atoms with Crippen LogP contribution < -0.4 is 4.90 Å². The lowest BCUT2D eigenvalue weighted by molar-refractivity contribution is -0.123. The van der Waals surface area contributed by atoms with Crippen molar-refractivity contribution >= 4 is 28.9 Å². The number of aromatic carboxylic acids is 1. The number of amides is 1. The van der Waals surface area contributed by atoms with E-state index < -0.39 is 5.97 Å². The van der Waals surface area contributed by atoms with E-state index in [-0.39, 0.29) is 22.1 Å². The molecule has 31 heavy (non-hydrogen) atoms. The number of nitrogens with zero attached hydrogens (tertiary/aromatic N) is 3. The lowest BCUT2D eigenvalue weighted by atomic mass is 9.82. The van der Waals surface area contributed by atoms with Gasteiger partial charge >= 0.3 is 5.97 Å². The molecule has 0 aliphatic heterocycles. The first-order chi connectivity index (χ1) is 14.5. The zero-order valence-electron chi connectivity index (χ0n) is 18.9. The predicted octanol–water partition coefficient (Wildman–Crippen LogP) is 4.94. The number of thiophene rings is 1. The Labute approximate surface area is 188 Å². The van der Waals surface area contributed by atoms with Gasteiger partial charge in [0.15, 0.2) is 0 Å². The molecule has 0 aromatic carbocycles. The molecule has 0 saturated heterocycles. The Hall–Kier alpha value is -2.59. The number of carbonyl (C=O) groups is 2. The second kappa shape index (κ2) is 9.27. The standard InChI is InChI=1S/C24H31N3O3S/c1-16-6-8-18(9-7-16)22(28)27(15-17-13-25-26(5)14-17)20-12-19(10-11-24(2,3)4)31-21(20)23(29)30/h12-14,16,18H,6-9,15H2,1-5H3,(H,29,30)/t16-,18-. The fraction of sp³-hybridized carbons (Fsp3) is 0.542. The number of hydrogen-bond donors (Lipinski definition) is 1. The van der Waals surface area contributed by atoms with Gasteiger partial charge in [-0.3, -0.25) is 9.48 Å². The van der Waals surface area contributed by atoms with Crippen LogP contribution in [-0.4, -0.2) is 26.8 Å². The predicted molar refractivity (Wildman–Crippen MR) is 123 cm³/mol. The molecule has 2 aromatic heterocycles. The minimum Gasteiger partial charge on any atom is -0.477 e. The topological polar surface area (TPSA) is 75.4 Å². The molecule has 0 bridgehead atoms. The summed E-state index contributed by atoms with van der Waals surface area (Å²) in [5, 5.41) is 14.1. The van der Waals surface area contributed by atoms with Crippen molar-refractivity contribution in [3.05, 3.63) is 33.8 Å². The summed E-state index contributed by atoms with van der Waals surface area (Å²) in [6.07, 6.45) is 7.30. The van der Waals surface area contributed by atoms with Crippen LogP contribution in [0.2, 0.25) is 0 Å². The highest BCUT2D eigenvalue weighted by atomic mass is 32.1. The van der Waals surface area contributed by atoms with E-state index in [9.17, 15) is 14.7 Å². The van der Waals surface area contributed by atoms with Crippen molar-refractivity contribution in [1.82, 2.24) is 9.78 Å². The van der Waals surface area contributed by atoms with E-state index in [0.717, 1.165) is 42.6 Å². The summed E-state index contributed by atoms with van der Waals surface area (Å²) in [4.78, 5) is 28.1. The van der Waals surface area contributed by atoms with Gasteiger partial charge in [0.05, 0.1) is 23.3 Å². The second-order valence-electron chi connectivity index (χ2n) is 9.53. The average Bonchev–Trinajstić information content (AvgIpc) is 3.30. The summed E-state index contributed by atoms with van der Waals surface area (Å²) in [5.74, 6) is 5.76. The van der Waals surface area contributed by atoms with Gasteiger partial charge in [0.1, 0.15) is 4.88 Å². The maximum Gasteiger partial charge on any atom is 0.348 e. The van der Waals surface area contributed by atoms with Crippen molar-refractivity contribution in [2.45, 2.75) is 59.9 Å². The zero-order chi connectivity index (χ0) is 22.8. The van der Waals surface area contributed by atoms with Crippen molar-refractivity contribution in [2.75, 3.05) is 4.90 Å². The maximum atomic E-state index is 13.6. The van der Waals surface area contributed by atoms with Crippen LogP contribution in [-0.2, 0) is 18.4 Å². The zero-order valence-corrected chi connectivity index (χ0v) is 19.8. The van der Waals surface area contributed by atoms with Crippen LogP contribution in [0.15, 0.2) is 18.5 Å². The largest absolute Gasteiger partial charge is 0.477 e. The molecule has 0 spiro atoms. The molecule has 1 fully saturated rings. The van der Waals surface area contributed by atoms with Gasteiger partial charge in [-0.25, -0.2) is 4.79 Å². The molecule has 1 N–H and O–H groups in total. The average molecular weight is 442 g/mol. The molecule has 166 valence electrons. The van der Waals surface area contributed by atoms with E-state index in [4.69, 9.17) is 0 Å². The highest BCUT2D eigenvalue weighted by Crippen LogP contribution is 2.36. The number of anilines is 1. The Morgan fingerprint density at radius 2 is 1.97 bits per heavy atom. The van der Waals surface area contributed by atoms with Crippen LogP contribution in [0, 0.1) is 29.1 Å². The minimum atomic E-state index is -1.04. The van der Waals surface area contributed by atoms with Gasteiger partial charge in [-0.05, 0) is 58.4 Å². The Bertz CT molecular complexity index is 1010. The fourth-order valence-corrected chi connectivity index (χ4v) is 4.64. The number of aromatic nitrogens is 2. The van der Waals surface area contributed by atoms with Crippen LogP contribution in [0.1, 0.15) is 73.5 Å². The lowest BCUT2D eigenvalue weighted by Gasteiger charge is -2.31. The summed E-state index contributed by atoms with van der Waals surface area (Å²) in [7, 11) is 1.83. The second-order valence-corrected chi connectivity index (χ2v) is 10.6. The monoisotopic (exact) mass is 441 g/mol. The van der Waals surface area contributed by atoms with E-state index in [1.165, 1.54) is 0 Å². The van der Waals surface area contributed by atoms with Crippen LogP contribution >= 0.6 is 11.3 Å². The van der Waals surface area contributed by atoms with Gasteiger partial charge in [0.25, 0.3) is 0 Å². The van der Waals surface area contributed by atoms with Crippen LogP contribution in [0.25, 0.3) is 0 Å². The summed E-state index contributed by atoms with van der Waals surface area (Å²) in [5.41, 5.74) is 1.10. The number of rotatable bonds is 5. The summed E-state index contributed by atoms with van der Waals surface area (Å²) in [6, 6.07) is 1.76. The highest BCUT2D eigenvalue weighted by Gasteiger charge is 2.32. The first-order valence-corrected chi connectivity index (χ1v) is 11.5. The van der Waals surface area contributed by atoms with Gasteiger partial charge < -0.3 is 10.0 Å². The first-order valence-electron chi connectivity index (χ1n) is 10.7. The van der Waals surface area contributed by atoms with Crippen molar-refractivity contribution in [3.63, 3.8) is 0 Å². The third-order valence-corrected chi connectivity index (χ3v) is 6.52. The maximum absolute atomic E-state index is 13.6. The molecule has 1 saturated carbocycles. The number of carboxylic acids is 1. The van der Waals surface area contributed by atoms with Gasteiger partial charge in [-0.2, -0.15) is 5.10 Å². The highest BCUT2D eigenvalue weighted by molar-refractivity contribution is 7.15. The molecule has 7 heteroatoms. The molecular weight excluding hydrogens is 410 g/mol. The van der Waals surface area contributed by atoms with Gasteiger partial charge in [-0.15, -0.1) is 11.3 Å². The molecule has 6 nitrogen and oxygen atoms in total. The smallest absolute Gasteiger partial charge is 0.348 e. The Kier molecular flexibility index (Phi) is 6.90. The van der Waals surface area contributed by atoms with E-state index in [1.807, 2.05) is 34.0 Å². The third kappa shape index (κ3) is 5.98. The molecule has 3 rings (SSSR count). The van der Waals surface area contributed by atoms with E-state index in [1.54, 1.807) is 21.8 Å². The van der Waals surface area contributed by atoms with E-state index in [0.29, 0.717) is 23.0 Å². The quantitative estimate of drug-likeness (QED) is 0.667. The van der Waals surface area contributed by atoms with Crippen molar-refractivity contribution in [1.29, 1.82) is 0 Å².